The minimum absolute atomic E-state index is 0.0900. The maximum atomic E-state index is 13.5. The first kappa shape index (κ1) is 21.6. The zero-order valence-electron chi connectivity index (χ0n) is 18.6. The standard InChI is InChI=1S/C27H32F2N2O/c28-23-9-8-20(16-24(23)29)18-31-14-12-26(13-15-31)17-22(26)25(32)30-19-27(10-4-5-11-27)21-6-2-1-3-7-21/h1-3,6-9,16,22H,4-5,10-15,17-19H2,(H,30,32). The third-order valence-electron chi connectivity index (χ3n) is 8.30. The van der Waals surface area contributed by atoms with E-state index >= 15 is 0 Å². The fourth-order valence-electron chi connectivity index (χ4n) is 6.11. The second-order valence-corrected chi connectivity index (χ2v) is 10.2. The average Bonchev–Trinajstić information content (AvgIpc) is 3.29. The summed E-state index contributed by atoms with van der Waals surface area (Å²) in [6.45, 7) is 3.17. The molecule has 170 valence electrons. The van der Waals surface area contributed by atoms with Gasteiger partial charge in [-0.25, -0.2) is 8.78 Å². The van der Waals surface area contributed by atoms with Gasteiger partial charge in [0.2, 0.25) is 5.91 Å². The second-order valence-electron chi connectivity index (χ2n) is 10.2. The van der Waals surface area contributed by atoms with Gasteiger partial charge in [-0.3, -0.25) is 9.69 Å². The normalized spacial score (nSPS) is 23.9. The van der Waals surface area contributed by atoms with Crippen molar-refractivity contribution in [1.29, 1.82) is 0 Å². The molecular formula is C27H32F2N2O. The summed E-state index contributed by atoms with van der Waals surface area (Å²) in [5.74, 6) is -1.24. The van der Waals surface area contributed by atoms with E-state index in [4.69, 9.17) is 0 Å². The van der Waals surface area contributed by atoms with Crippen molar-refractivity contribution in [2.75, 3.05) is 19.6 Å². The number of piperidine rings is 1. The summed E-state index contributed by atoms with van der Waals surface area (Å²) < 4.78 is 26.6. The lowest BCUT2D eigenvalue weighted by atomic mass is 9.78. The molecule has 2 aromatic carbocycles. The number of amides is 1. The lowest BCUT2D eigenvalue weighted by Crippen LogP contribution is -2.41. The number of nitrogens with zero attached hydrogens (tertiary/aromatic N) is 1. The first-order valence-electron chi connectivity index (χ1n) is 12.0. The molecule has 1 aliphatic heterocycles. The van der Waals surface area contributed by atoms with E-state index in [-0.39, 0.29) is 22.7 Å². The molecule has 2 saturated carbocycles. The molecule has 1 atom stereocenters. The summed E-state index contributed by atoms with van der Waals surface area (Å²) in [6.07, 6.45) is 7.73. The summed E-state index contributed by atoms with van der Waals surface area (Å²) >= 11 is 0. The zero-order chi connectivity index (χ0) is 22.2. The molecule has 2 aromatic rings. The molecule has 3 aliphatic rings. The van der Waals surface area contributed by atoms with Crippen molar-refractivity contribution in [1.82, 2.24) is 10.2 Å². The van der Waals surface area contributed by atoms with Crippen LogP contribution >= 0.6 is 0 Å². The molecule has 1 saturated heterocycles. The van der Waals surface area contributed by atoms with Crippen molar-refractivity contribution in [3.8, 4) is 0 Å². The number of likely N-dealkylation sites (tertiary alicyclic amines) is 1. The molecule has 32 heavy (non-hydrogen) atoms. The van der Waals surface area contributed by atoms with E-state index in [1.165, 1.54) is 30.5 Å². The van der Waals surface area contributed by atoms with Gasteiger partial charge in [-0.2, -0.15) is 0 Å². The largest absolute Gasteiger partial charge is 0.355 e. The average molecular weight is 439 g/mol. The van der Waals surface area contributed by atoms with E-state index in [1.807, 2.05) is 0 Å². The third kappa shape index (κ3) is 4.19. The van der Waals surface area contributed by atoms with E-state index in [1.54, 1.807) is 6.07 Å². The maximum Gasteiger partial charge on any atom is 0.223 e. The Kier molecular flexibility index (Phi) is 5.79. The Labute approximate surface area is 189 Å². The van der Waals surface area contributed by atoms with Crippen LogP contribution in [0.4, 0.5) is 8.78 Å². The van der Waals surface area contributed by atoms with Gasteiger partial charge in [0.25, 0.3) is 0 Å². The number of nitrogens with one attached hydrogen (secondary N) is 1. The number of carbonyl (C=O) groups excluding carboxylic acids is 1. The Morgan fingerprint density at radius 1 is 0.969 bits per heavy atom. The van der Waals surface area contributed by atoms with Crippen LogP contribution in [0.1, 0.15) is 56.1 Å². The molecule has 2 aliphatic carbocycles. The predicted molar refractivity (Wildman–Crippen MR) is 121 cm³/mol. The van der Waals surface area contributed by atoms with Crippen LogP contribution in [-0.4, -0.2) is 30.4 Å². The molecule has 1 N–H and O–H groups in total. The monoisotopic (exact) mass is 438 g/mol. The second kappa shape index (κ2) is 8.58. The number of hydrogen-bond donors (Lipinski definition) is 1. The first-order valence-corrected chi connectivity index (χ1v) is 12.0. The Morgan fingerprint density at radius 2 is 1.69 bits per heavy atom. The van der Waals surface area contributed by atoms with Gasteiger partial charge in [0.1, 0.15) is 0 Å². The summed E-state index contributed by atoms with van der Waals surface area (Å²) in [5.41, 5.74) is 2.39. The molecule has 1 heterocycles. The molecule has 1 amide bonds. The van der Waals surface area contributed by atoms with Crippen molar-refractivity contribution in [3.05, 3.63) is 71.3 Å². The topological polar surface area (TPSA) is 32.3 Å². The van der Waals surface area contributed by atoms with Gasteiger partial charge in [-0.05, 0) is 73.9 Å². The molecule has 5 rings (SSSR count). The van der Waals surface area contributed by atoms with E-state index in [9.17, 15) is 13.6 Å². The van der Waals surface area contributed by atoms with Gasteiger partial charge >= 0.3 is 0 Å². The molecule has 3 fully saturated rings. The van der Waals surface area contributed by atoms with E-state index in [0.717, 1.165) is 57.3 Å². The van der Waals surface area contributed by atoms with Gasteiger partial charge in [0.15, 0.2) is 11.6 Å². The Balaban J connectivity index is 1.14. The van der Waals surface area contributed by atoms with Crippen LogP contribution in [0.25, 0.3) is 0 Å². The zero-order valence-corrected chi connectivity index (χ0v) is 18.6. The quantitative estimate of drug-likeness (QED) is 0.673. The highest BCUT2D eigenvalue weighted by Gasteiger charge is 2.58. The van der Waals surface area contributed by atoms with Gasteiger partial charge in [-0.1, -0.05) is 49.2 Å². The SMILES string of the molecule is O=C(NCC1(c2ccccc2)CCCC1)C1CC12CCN(Cc1ccc(F)c(F)c1)CC2. The summed E-state index contributed by atoms with van der Waals surface area (Å²) in [6, 6.07) is 14.8. The van der Waals surface area contributed by atoms with Crippen LogP contribution in [-0.2, 0) is 16.8 Å². The van der Waals surface area contributed by atoms with E-state index < -0.39 is 11.6 Å². The summed E-state index contributed by atoms with van der Waals surface area (Å²) in [5, 5.41) is 3.33. The lowest BCUT2D eigenvalue weighted by molar-refractivity contribution is -0.123. The Hall–Kier alpha value is -2.27. The number of carbonyl (C=O) groups is 1. The van der Waals surface area contributed by atoms with Crippen molar-refractivity contribution in [2.24, 2.45) is 11.3 Å². The number of rotatable bonds is 6. The fraction of sp³-hybridized carbons (Fsp3) is 0.519. The molecule has 1 spiro atoms. The predicted octanol–water partition coefficient (Wildman–Crippen LogP) is 5.20. The summed E-state index contributed by atoms with van der Waals surface area (Å²) in [4.78, 5) is 15.3. The van der Waals surface area contributed by atoms with Crippen molar-refractivity contribution in [3.63, 3.8) is 0 Å². The van der Waals surface area contributed by atoms with Crippen molar-refractivity contribution in [2.45, 2.75) is 56.9 Å². The Morgan fingerprint density at radius 3 is 2.38 bits per heavy atom. The van der Waals surface area contributed by atoms with Gasteiger partial charge in [0, 0.05) is 24.4 Å². The number of benzene rings is 2. The van der Waals surface area contributed by atoms with Gasteiger partial charge in [0.05, 0.1) is 0 Å². The van der Waals surface area contributed by atoms with Crippen LogP contribution in [0.3, 0.4) is 0 Å². The minimum atomic E-state index is -0.801. The molecule has 0 radical (unpaired) electrons. The summed E-state index contributed by atoms with van der Waals surface area (Å²) in [7, 11) is 0. The molecule has 0 bridgehead atoms. The van der Waals surface area contributed by atoms with E-state index in [0.29, 0.717) is 6.54 Å². The number of halogens is 2. The highest BCUT2D eigenvalue weighted by Crippen LogP contribution is 2.59. The maximum absolute atomic E-state index is 13.5. The van der Waals surface area contributed by atoms with Gasteiger partial charge < -0.3 is 5.32 Å². The highest BCUT2D eigenvalue weighted by molar-refractivity contribution is 5.82. The molecular weight excluding hydrogens is 406 g/mol. The smallest absolute Gasteiger partial charge is 0.223 e. The van der Waals surface area contributed by atoms with E-state index in [2.05, 4.69) is 40.5 Å². The van der Waals surface area contributed by atoms with Crippen molar-refractivity contribution >= 4 is 5.91 Å². The van der Waals surface area contributed by atoms with Crippen molar-refractivity contribution < 1.29 is 13.6 Å². The van der Waals surface area contributed by atoms with Crippen LogP contribution in [0.15, 0.2) is 48.5 Å². The molecule has 0 aromatic heterocycles. The molecule has 5 heteroatoms. The fourth-order valence-corrected chi connectivity index (χ4v) is 6.11. The van der Waals surface area contributed by atoms with Crippen LogP contribution < -0.4 is 5.32 Å². The third-order valence-corrected chi connectivity index (χ3v) is 8.30. The lowest BCUT2D eigenvalue weighted by Gasteiger charge is -2.33. The van der Waals surface area contributed by atoms with Crippen LogP contribution in [0, 0.1) is 23.0 Å². The van der Waals surface area contributed by atoms with Crippen LogP contribution in [0.2, 0.25) is 0 Å². The van der Waals surface area contributed by atoms with Crippen LogP contribution in [0.5, 0.6) is 0 Å². The number of hydrogen-bond acceptors (Lipinski definition) is 2. The molecule has 1 unspecified atom stereocenters. The molecule has 3 nitrogen and oxygen atoms in total. The first-order chi connectivity index (χ1) is 15.5. The Bertz CT molecular complexity index is 963. The minimum Gasteiger partial charge on any atom is -0.355 e. The highest BCUT2D eigenvalue weighted by atomic mass is 19.2. The van der Waals surface area contributed by atoms with Gasteiger partial charge in [-0.15, -0.1) is 0 Å².